The minimum Gasteiger partial charge on any atom is -0.508 e. The first-order chi connectivity index (χ1) is 25.4. The van der Waals surface area contributed by atoms with Crippen LogP contribution >= 0.6 is 0 Å². The number of amides is 2. The summed E-state index contributed by atoms with van der Waals surface area (Å²) in [5.74, 6) is 0.836. The number of halogens is 1. The van der Waals surface area contributed by atoms with Crippen molar-refractivity contribution in [3.8, 4) is 28.5 Å². The third-order valence-electron chi connectivity index (χ3n) is 10.8. The maximum atomic E-state index is 15.0. The number of carbonyl (C=O) groups is 2. The molecule has 52 heavy (non-hydrogen) atoms. The molecule has 1 fully saturated rings. The Morgan fingerprint density at radius 1 is 0.827 bits per heavy atom. The van der Waals surface area contributed by atoms with Crippen molar-refractivity contribution in [2.24, 2.45) is 0 Å². The molecule has 4 aromatic carbocycles. The molecule has 0 bridgehead atoms. The van der Waals surface area contributed by atoms with Crippen LogP contribution in [-0.2, 0) is 25.9 Å². The van der Waals surface area contributed by atoms with E-state index in [0.29, 0.717) is 85.1 Å². The SMILES string of the molecule is O=C(c1cc(-c2cc3c(cc2C(=O)N2Cc4ccccc4C[C@H]2CN2CC(F)C2)OCO3)n2c1CCCC2)N(c1ccccc1)c1ccc(O)cc1. The number of hydrogen-bond acceptors (Lipinski definition) is 6. The molecule has 264 valence electrons. The second-order valence-corrected chi connectivity index (χ2v) is 14.1. The van der Waals surface area contributed by atoms with E-state index in [9.17, 15) is 14.3 Å². The molecule has 10 heteroatoms. The van der Waals surface area contributed by atoms with E-state index in [1.165, 1.54) is 5.56 Å². The number of ether oxygens (including phenoxy) is 2. The molecular weight excluding hydrogens is 659 g/mol. The molecular formula is C42H39FN4O5. The molecule has 9 nitrogen and oxygen atoms in total. The van der Waals surface area contributed by atoms with Gasteiger partial charge in [-0.15, -0.1) is 0 Å². The Morgan fingerprint density at radius 3 is 2.31 bits per heavy atom. The Morgan fingerprint density at radius 2 is 1.54 bits per heavy atom. The first kappa shape index (κ1) is 32.3. The molecule has 5 aromatic rings. The monoisotopic (exact) mass is 698 g/mol. The second kappa shape index (κ2) is 13.2. The maximum absolute atomic E-state index is 15.0. The second-order valence-electron chi connectivity index (χ2n) is 14.1. The number of aromatic nitrogens is 1. The van der Waals surface area contributed by atoms with Gasteiger partial charge in [-0.25, -0.2) is 4.39 Å². The summed E-state index contributed by atoms with van der Waals surface area (Å²) in [5, 5.41) is 10.0. The van der Waals surface area contributed by atoms with Crippen LogP contribution in [0.1, 0.15) is 50.4 Å². The van der Waals surface area contributed by atoms with Crippen molar-refractivity contribution >= 4 is 23.2 Å². The summed E-state index contributed by atoms with van der Waals surface area (Å²) in [6.07, 6.45) is 2.44. The predicted octanol–water partition coefficient (Wildman–Crippen LogP) is 7.13. The number of rotatable bonds is 7. The lowest BCUT2D eigenvalue weighted by Gasteiger charge is -2.43. The van der Waals surface area contributed by atoms with E-state index in [0.717, 1.165) is 29.8 Å². The third kappa shape index (κ3) is 5.77. The number of aromatic hydroxyl groups is 1. The Hall–Kier alpha value is -5.61. The van der Waals surface area contributed by atoms with Gasteiger partial charge in [-0.2, -0.15) is 0 Å². The predicted molar refractivity (Wildman–Crippen MR) is 195 cm³/mol. The molecule has 1 aromatic heterocycles. The van der Waals surface area contributed by atoms with Gasteiger partial charge in [0.15, 0.2) is 11.5 Å². The summed E-state index contributed by atoms with van der Waals surface area (Å²) < 4.78 is 27.8. The first-order valence-electron chi connectivity index (χ1n) is 18.0. The molecule has 2 amide bonds. The fourth-order valence-corrected chi connectivity index (χ4v) is 8.20. The minimum absolute atomic E-state index is 0.0557. The van der Waals surface area contributed by atoms with Crippen molar-refractivity contribution in [1.29, 1.82) is 0 Å². The van der Waals surface area contributed by atoms with Gasteiger partial charge >= 0.3 is 0 Å². The molecule has 5 heterocycles. The molecule has 4 aliphatic rings. The largest absolute Gasteiger partial charge is 0.508 e. The number of benzene rings is 4. The van der Waals surface area contributed by atoms with Crippen molar-refractivity contribution in [3.63, 3.8) is 0 Å². The van der Waals surface area contributed by atoms with Gasteiger partial charge in [0.2, 0.25) is 6.79 Å². The summed E-state index contributed by atoms with van der Waals surface area (Å²) >= 11 is 0. The standard InChI is InChI=1S/C42H39FN4O5/c43-29-23-44(24-29)25-32-18-27-8-4-5-9-28(27)22-46(32)41(49)35-21-40-39(51-26-52-40)20-34(35)38-19-36(37-12-6-7-17-45(37)38)42(50)47(30-10-2-1-3-11-30)31-13-15-33(48)16-14-31/h1-5,8-11,13-16,19-21,29,32,48H,6-7,12,17-18,22-26H2/t32-/m0/s1. The highest BCUT2D eigenvalue weighted by Gasteiger charge is 2.38. The van der Waals surface area contributed by atoms with Crippen LogP contribution in [0.2, 0.25) is 0 Å². The normalized spacial score (nSPS) is 18.0. The summed E-state index contributed by atoms with van der Waals surface area (Å²) in [6.45, 7) is 2.55. The van der Waals surface area contributed by atoms with Crippen LogP contribution in [0.15, 0.2) is 97.1 Å². The van der Waals surface area contributed by atoms with Gasteiger partial charge in [0.1, 0.15) is 11.9 Å². The van der Waals surface area contributed by atoms with Crippen LogP contribution in [0.4, 0.5) is 15.8 Å². The molecule has 1 N–H and O–H groups in total. The molecule has 0 saturated carbocycles. The molecule has 0 aliphatic carbocycles. The molecule has 0 spiro atoms. The van der Waals surface area contributed by atoms with E-state index in [2.05, 4.69) is 21.6 Å². The summed E-state index contributed by atoms with van der Waals surface area (Å²) in [6, 6.07) is 29.8. The van der Waals surface area contributed by atoms with E-state index < -0.39 is 6.17 Å². The number of para-hydroxylation sites is 1. The summed E-state index contributed by atoms with van der Waals surface area (Å²) in [5.41, 5.74) is 7.05. The van der Waals surface area contributed by atoms with Crippen molar-refractivity contribution in [3.05, 3.63) is 125 Å². The van der Waals surface area contributed by atoms with Gasteiger partial charge in [-0.3, -0.25) is 19.4 Å². The lowest BCUT2D eigenvalue weighted by molar-refractivity contribution is 0.0273. The Kier molecular flexibility index (Phi) is 8.19. The van der Waals surface area contributed by atoms with Crippen molar-refractivity contribution in [2.75, 3.05) is 31.3 Å². The van der Waals surface area contributed by atoms with Crippen LogP contribution < -0.4 is 14.4 Å². The lowest BCUT2D eigenvalue weighted by Crippen LogP contribution is -2.56. The van der Waals surface area contributed by atoms with E-state index in [1.807, 2.05) is 59.5 Å². The van der Waals surface area contributed by atoms with Crippen LogP contribution in [0.25, 0.3) is 11.3 Å². The zero-order chi connectivity index (χ0) is 35.3. The topological polar surface area (TPSA) is 87.5 Å². The fraction of sp³-hybridized carbons (Fsp3) is 0.286. The van der Waals surface area contributed by atoms with Gasteiger partial charge in [-0.05, 0) is 91.4 Å². The van der Waals surface area contributed by atoms with Crippen LogP contribution in [-0.4, -0.2) is 69.9 Å². The number of phenolic OH excluding ortho intramolecular Hbond substituents is 1. The highest BCUT2D eigenvalue weighted by molar-refractivity contribution is 6.12. The summed E-state index contributed by atoms with van der Waals surface area (Å²) in [4.78, 5) is 35.5. The van der Waals surface area contributed by atoms with Gasteiger partial charge in [0.25, 0.3) is 11.8 Å². The molecule has 9 rings (SSSR count). The first-order valence-corrected chi connectivity index (χ1v) is 18.0. The van der Waals surface area contributed by atoms with Gasteiger partial charge in [0.05, 0.1) is 11.1 Å². The Bertz CT molecular complexity index is 2160. The highest BCUT2D eigenvalue weighted by atomic mass is 19.1. The van der Waals surface area contributed by atoms with Crippen LogP contribution in [0.3, 0.4) is 0 Å². The van der Waals surface area contributed by atoms with Gasteiger partial charge < -0.3 is 24.0 Å². The van der Waals surface area contributed by atoms with E-state index >= 15 is 4.79 Å². The van der Waals surface area contributed by atoms with Crippen LogP contribution in [0, 0.1) is 0 Å². The number of alkyl halides is 1. The number of likely N-dealkylation sites (tertiary alicyclic amines) is 1. The number of carbonyl (C=O) groups excluding carboxylic acids is 2. The summed E-state index contributed by atoms with van der Waals surface area (Å²) in [7, 11) is 0. The smallest absolute Gasteiger partial charge is 0.264 e. The zero-order valence-electron chi connectivity index (χ0n) is 28.7. The molecule has 4 aliphatic heterocycles. The average Bonchev–Trinajstić information content (AvgIpc) is 3.79. The van der Waals surface area contributed by atoms with Gasteiger partial charge in [-0.1, -0.05) is 42.5 Å². The maximum Gasteiger partial charge on any atom is 0.264 e. The number of hydrogen-bond donors (Lipinski definition) is 1. The van der Waals surface area contributed by atoms with Gasteiger partial charge in [0, 0.05) is 67.1 Å². The average molecular weight is 699 g/mol. The number of fused-ring (bicyclic) bond motifs is 3. The zero-order valence-corrected chi connectivity index (χ0v) is 28.7. The molecule has 0 unspecified atom stereocenters. The molecule has 1 atom stereocenters. The lowest BCUT2D eigenvalue weighted by atomic mass is 9.91. The third-order valence-corrected chi connectivity index (χ3v) is 10.8. The van der Waals surface area contributed by atoms with Crippen molar-refractivity contribution in [1.82, 2.24) is 14.4 Å². The Labute approximate surface area is 301 Å². The molecule has 1 saturated heterocycles. The number of anilines is 2. The van der Waals surface area contributed by atoms with Crippen molar-refractivity contribution in [2.45, 2.75) is 51.0 Å². The minimum atomic E-state index is -0.829. The van der Waals surface area contributed by atoms with Crippen LogP contribution in [0.5, 0.6) is 17.2 Å². The highest BCUT2D eigenvalue weighted by Crippen LogP contribution is 2.43. The Balaban J connectivity index is 1.15. The van der Waals surface area contributed by atoms with Crippen molar-refractivity contribution < 1.29 is 28.6 Å². The van der Waals surface area contributed by atoms with E-state index in [-0.39, 0.29) is 30.4 Å². The fourth-order valence-electron chi connectivity index (χ4n) is 8.20. The number of phenols is 1. The van der Waals surface area contributed by atoms with E-state index in [1.54, 1.807) is 35.2 Å². The quantitative estimate of drug-likeness (QED) is 0.195. The van der Waals surface area contributed by atoms with E-state index in [4.69, 9.17) is 9.47 Å². The number of nitrogens with zero attached hydrogens (tertiary/aromatic N) is 4. The molecule has 0 radical (unpaired) electrons.